The van der Waals surface area contributed by atoms with Crippen molar-refractivity contribution in [2.24, 2.45) is 4.99 Å². The first kappa shape index (κ1) is 29.2. The number of thioether (sulfide) groups is 5. The molecule has 1 aromatic rings. The first-order valence-electron chi connectivity index (χ1n) is 12.9. The minimum Gasteiger partial charge on any atom is -0.507 e. The van der Waals surface area contributed by atoms with Gasteiger partial charge in [-0.25, -0.2) is 0 Å². The van der Waals surface area contributed by atoms with E-state index in [2.05, 4.69) is 49.3 Å². The van der Waals surface area contributed by atoms with Gasteiger partial charge in [-0.2, -0.15) is 0 Å². The molecule has 192 valence electrons. The van der Waals surface area contributed by atoms with E-state index >= 15 is 0 Å². The Balaban J connectivity index is 1.51. The van der Waals surface area contributed by atoms with Crippen molar-refractivity contribution >= 4 is 65.0 Å². The van der Waals surface area contributed by atoms with Crippen LogP contribution < -0.4 is 0 Å². The van der Waals surface area contributed by atoms with Crippen LogP contribution in [0.4, 0.5) is 0 Å². The summed E-state index contributed by atoms with van der Waals surface area (Å²) in [5, 5.41) is 9.87. The molecule has 2 aliphatic rings. The van der Waals surface area contributed by atoms with Crippen LogP contribution in [0.25, 0.3) is 0 Å². The molecule has 0 atom stereocenters. The zero-order valence-corrected chi connectivity index (χ0v) is 25.4. The van der Waals surface area contributed by atoms with Crippen LogP contribution in [-0.2, 0) is 0 Å². The van der Waals surface area contributed by atoms with E-state index in [-0.39, 0.29) is 5.75 Å². The topological polar surface area (TPSA) is 32.6 Å². The maximum Gasteiger partial charge on any atom is 0.124 e. The Labute approximate surface area is 234 Å². The second-order valence-corrected chi connectivity index (χ2v) is 15.1. The van der Waals surface area contributed by atoms with Gasteiger partial charge in [0, 0.05) is 38.8 Å². The maximum absolute atomic E-state index is 9.87. The Morgan fingerprint density at radius 2 is 1.46 bits per heavy atom. The molecule has 0 amide bonds. The summed E-state index contributed by atoms with van der Waals surface area (Å²) in [4.78, 5) is 9.25. The lowest BCUT2D eigenvalue weighted by Gasteiger charge is -2.05. The van der Waals surface area contributed by atoms with E-state index in [1.807, 2.05) is 53.5 Å². The van der Waals surface area contributed by atoms with Gasteiger partial charge in [-0.05, 0) is 44.7 Å². The van der Waals surface area contributed by atoms with E-state index in [9.17, 15) is 5.11 Å². The number of aromatic hydroxyl groups is 1. The fourth-order valence-corrected chi connectivity index (χ4v) is 11.0. The quantitative estimate of drug-likeness (QED) is 0.168. The summed E-state index contributed by atoms with van der Waals surface area (Å²) in [5.41, 5.74) is 0.782. The fourth-order valence-electron chi connectivity index (χ4n) is 3.77. The van der Waals surface area contributed by atoms with E-state index in [1.165, 1.54) is 81.8 Å². The molecule has 0 spiro atoms. The van der Waals surface area contributed by atoms with Crippen LogP contribution in [0.3, 0.4) is 0 Å². The highest BCUT2D eigenvalue weighted by Gasteiger charge is 2.28. The maximum atomic E-state index is 9.87. The molecule has 0 saturated heterocycles. The van der Waals surface area contributed by atoms with Gasteiger partial charge in [0.05, 0.1) is 12.7 Å². The van der Waals surface area contributed by atoms with Gasteiger partial charge in [0.15, 0.2) is 0 Å². The van der Waals surface area contributed by atoms with Crippen molar-refractivity contribution in [2.45, 2.75) is 85.0 Å². The second kappa shape index (κ2) is 16.5. The van der Waals surface area contributed by atoms with Crippen molar-refractivity contribution in [3.05, 3.63) is 57.3 Å². The Kier molecular flexibility index (Phi) is 13.8. The highest BCUT2D eigenvalue weighted by Crippen LogP contribution is 2.62. The number of nitrogens with zero attached hydrogens (tertiary/aromatic N) is 1. The highest BCUT2D eigenvalue weighted by atomic mass is 32.2. The number of phenolic OH excluding ortho intramolecular Hbond substituents is 1. The Bertz CT molecular complexity index is 924. The van der Waals surface area contributed by atoms with Gasteiger partial charge in [-0.15, -0.1) is 11.8 Å². The first-order valence-corrected chi connectivity index (χ1v) is 17.2. The van der Waals surface area contributed by atoms with Gasteiger partial charge in [0.25, 0.3) is 0 Å². The largest absolute Gasteiger partial charge is 0.507 e. The van der Waals surface area contributed by atoms with Crippen molar-refractivity contribution in [1.29, 1.82) is 0 Å². The number of phenols is 1. The molecule has 1 N–H and O–H groups in total. The molecule has 0 aromatic heterocycles. The number of hydrogen-bond acceptors (Lipinski definition) is 7. The molecule has 7 heteroatoms. The van der Waals surface area contributed by atoms with E-state index in [0.29, 0.717) is 0 Å². The summed E-state index contributed by atoms with van der Waals surface area (Å²) in [6.07, 6.45) is 15.0. The second-order valence-electron chi connectivity index (χ2n) is 8.74. The molecule has 35 heavy (non-hydrogen) atoms. The molecule has 0 radical (unpaired) electrons. The summed E-state index contributed by atoms with van der Waals surface area (Å²) < 4.78 is 4.42. The number of benzene rings is 1. The third kappa shape index (κ3) is 9.81. The molecule has 0 aliphatic carbocycles. The van der Waals surface area contributed by atoms with Gasteiger partial charge in [0.2, 0.25) is 0 Å². The molecule has 0 bridgehead atoms. The van der Waals surface area contributed by atoms with E-state index < -0.39 is 0 Å². The summed E-state index contributed by atoms with van der Waals surface area (Å²) in [6, 6.07) is 7.35. The molecule has 0 fully saturated rings. The number of unbranched alkanes of at least 4 members (excludes halogenated alkanes) is 6. The predicted molar refractivity (Wildman–Crippen MR) is 168 cm³/mol. The van der Waals surface area contributed by atoms with E-state index in [0.717, 1.165) is 17.9 Å². The van der Waals surface area contributed by atoms with Crippen LogP contribution in [-0.4, -0.2) is 23.6 Å². The van der Waals surface area contributed by atoms with E-state index in [1.54, 1.807) is 22.1 Å². The van der Waals surface area contributed by atoms with Crippen LogP contribution in [0.15, 0.2) is 56.7 Å². The SMILES string of the molecule is CCCCCCC1=C(CCCCCC)SC(=C2SC(C)=C(SCCN=Cc3ccccc3O)S2)S1. The van der Waals surface area contributed by atoms with E-state index in [4.69, 9.17) is 0 Å². The third-order valence-electron chi connectivity index (χ3n) is 5.76. The van der Waals surface area contributed by atoms with Crippen molar-refractivity contribution in [3.63, 3.8) is 0 Å². The number of para-hydroxylation sites is 1. The van der Waals surface area contributed by atoms with Crippen molar-refractivity contribution in [2.75, 3.05) is 12.3 Å². The zero-order chi connectivity index (χ0) is 24.9. The minimum absolute atomic E-state index is 0.288. The van der Waals surface area contributed by atoms with Crippen molar-refractivity contribution in [3.8, 4) is 5.75 Å². The standard InChI is InChI=1S/C28H39NOS5/c1-4-6-8-10-16-24-25(17-11-9-7-5-2)34-28(33-24)27-32-21(3)26(35-27)31-19-18-29-20-22-14-12-13-15-23(22)30/h12-15,20,30H,4-11,16-19H2,1-3H3. The van der Waals surface area contributed by atoms with Gasteiger partial charge in [-0.3, -0.25) is 4.99 Å². The number of allylic oxidation sites excluding steroid dienone is 3. The van der Waals surface area contributed by atoms with Crippen molar-refractivity contribution in [1.82, 2.24) is 0 Å². The Morgan fingerprint density at radius 3 is 2.09 bits per heavy atom. The lowest BCUT2D eigenvalue weighted by molar-refractivity contribution is 0.474. The van der Waals surface area contributed by atoms with Gasteiger partial charge >= 0.3 is 0 Å². The monoisotopic (exact) mass is 565 g/mol. The summed E-state index contributed by atoms with van der Waals surface area (Å²) >= 11 is 9.98. The lowest BCUT2D eigenvalue weighted by atomic mass is 10.1. The van der Waals surface area contributed by atoms with Gasteiger partial charge in [0.1, 0.15) is 5.75 Å². The molecule has 2 aliphatic heterocycles. The molecular weight excluding hydrogens is 527 g/mol. The Morgan fingerprint density at radius 1 is 0.829 bits per heavy atom. The van der Waals surface area contributed by atoms with Crippen LogP contribution in [0.2, 0.25) is 0 Å². The van der Waals surface area contributed by atoms with Crippen molar-refractivity contribution < 1.29 is 5.11 Å². The minimum atomic E-state index is 0.288. The summed E-state index contributed by atoms with van der Waals surface area (Å²) in [5.74, 6) is 1.24. The smallest absolute Gasteiger partial charge is 0.124 e. The normalized spacial score (nSPS) is 16.5. The number of hydrogen-bond donors (Lipinski definition) is 1. The van der Waals surface area contributed by atoms with Crippen LogP contribution in [0.5, 0.6) is 5.75 Å². The molecule has 2 nitrogen and oxygen atoms in total. The van der Waals surface area contributed by atoms with Crippen LogP contribution in [0.1, 0.15) is 90.5 Å². The average molecular weight is 566 g/mol. The first-order chi connectivity index (χ1) is 17.1. The lowest BCUT2D eigenvalue weighted by Crippen LogP contribution is -1.88. The zero-order valence-electron chi connectivity index (χ0n) is 21.3. The third-order valence-corrected chi connectivity index (χ3v) is 13.2. The molecular formula is C28H39NOS5. The highest BCUT2D eigenvalue weighted by molar-refractivity contribution is 8.38. The molecule has 3 rings (SSSR count). The molecule has 1 aromatic carbocycles. The van der Waals surface area contributed by atoms with Gasteiger partial charge < -0.3 is 5.11 Å². The van der Waals surface area contributed by atoms with Crippen LogP contribution in [0, 0.1) is 0 Å². The molecule has 0 unspecified atom stereocenters. The average Bonchev–Trinajstić information content (AvgIpc) is 3.43. The number of aliphatic imine (C=N–C) groups is 1. The van der Waals surface area contributed by atoms with Gasteiger partial charge in [-0.1, -0.05) is 112 Å². The molecule has 2 heterocycles. The fraction of sp³-hybridized carbons (Fsp3) is 0.536. The van der Waals surface area contributed by atoms with Crippen LogP contribution >= 0.6 is 58.8 Å². The summed E-state index contributed by atoms with van der Waals surface area (Å²) in [6.45, 7) is 7.60. The predicted octanol–water partition coefficient (Wildman–Crippen LogP) is 11.0. The number of rotatable bonds is 15. The molecule has 0 saturated carbocycles. The summed E-state index contributed by atoms with van der Waals surface area (Å²) in [7, 11) is 0. The Hall–Kier alpha value is -0.340.